The molecule has 0 amide bonds. The maximum absolute atomic E-state index is 12.7. The topological polar surface area (TPSA) is 44.1 Å². The number of ether oxygens (including phenoxy) is 1. The minimum Gasteiger partial charge on any atom is -0.425 e. The zero-order chi connectivity index (χ0) is 22.6. The van der Waals surface area contributed by atoms with Gasteiger partial charge in [0.15, 0.2) is 5.16 Å². The second kappa shape index (κ2) is 9.65. The number of imidazole rings is 1. The number of benzene rings is 4. The van der Waals surface area contributed by atoms with Crippen molar-refractivity contribution in [3.05, 3.63) is 108 Å². The Kier molecular flexibility index (Phi) is 6.28. The van der Waals surface area contributed by atoms with Crippen molar-refractivity contribution in [3.8, 4) is 22.7 Å². The maximum Gasteiger partial charge on any atom is 0.321 e. The average molecular weight is 515 g/mol. The minimum atomic E-state index is -0.333. The molecule has 0 saturated heterocycles. The van der Waals surface area contributed by atoms with E-state index in [1.807, 2.05) is 108 Å². The first-order chi connectivity index (χ1) is 16.2. The third-order valence-electron chi connectivity index (χ3n) is 5.15. The molecule has 0 bridgehead atoms. The number of fused-ring (bicyclic) bond motifs is 1. The van der Waals surface area contributed by atoms with Crippen molar-refractivity contribution in [1.82, 2.24) is 9.55 Å². The van der Waals surface area contributed by atoms with Crippen LogP contribution in [0.1, 0.15) is 0 Å². The summed E-state index contributed by atoms with van der Waals surface area (Å²) in [6.45, 7) is 0. The predicted octanol–water partition coefficient (Wildman–Crippen LogP) is 7.15. The summed E-state index contributed by atoms with van der Waals surface area (Å²) in [6, 6.07) is 31.7. The summed E-state index contributed by atoms with van der Waals surface area (Å²) in [5.41, 5.74) is 2.87. The van der Waals surface area contributed by atoms with E-state index in [-0.39, 0.29) is 11.7 Å². The van der Waals surface area contributed by atoms with Crippen LogP contribution in [0.5, 0.6) is 5.75 Å². The number of carbonyl (C=O) groups is 1. The quantitative estimate of drug-likeness (QED) is 0.137. The SMILES string of the molecule is O=C(CSc1nc(-c2ccccc2)cn1-c1ccccc1)Oc1ccc2ccccc2c1Br. The second-order valence-electron chi connectivity index (χ2n) is 7.34. The highest BCUT2D eigenvalue weighted by Crippen LogP contribution is 2.34. The van der Waals surface area contributed by atoms with E-state index in [1.54, 1.807) is 0 Å². The van der Waals surface area contributed by atoms with Gasteiger partial charge in [0.05, 0.1) is 15.9 Å². The van der Waals surface area contributed by atoms with Gasteiger partial charge in [-0.2, -0.15) is 0 Å². The number of hydrogen-bond donors (Lipinski definition) is 0. The lowest BCUT2D eigenvalue weighted by Gasteiger charge is -2.09. The monoisotopic (exact) mass is 514 g/mol. The highest BCUT2D eigenvalue weighted by Gasteiger charge is 2.16. The molecule has 162 valence electrons. The van der Waals surface area contributed by atoms with E-state index in [0.29, 0.717) is 5.75 Å². The fourth-order valence-electron chi connectivity index (χ4n) is 3.55. The maximum atomic E-state index is 12.7. The lowest BCUT2D eigenvalue weighted by Crippen LogP contribution is -2.11. The zero-order valence-electron chi connectivity index (χ0n) is 17.5. The van der Waals surface area contributed by atoms with Gasteiger partial charge in [0.25, 0.3) is 0 Å². The van der Waals surface area contributed by atoms with Gasteiger partial charge in [-0.25, -0.2) is 4.98 Å². The Morgan fingerprint density at radius 1 is 0.879 bits per heavy atom. The van der Waals surface area contributed by atoms with Crippen molar-refractivity contribution in [2.45, 2.75) is 5.16 Å². The summed E-state index contributed by atoms with van der Waals surface area (Å²) in [6.07, 6.45) is 2.00. The van der Waals surface area contributed by atoms with Crippen molar-refractivity contribution in [2.24, 2.45) is 0 Å². The van der Waals surface area contributed by atoms with Crippen molar-refractivity contribution in [1.29, 1.82) is 0 Å². The van der Waals surface area contributed by atoms with Gasteiger partial charge in [0, 0.05) is 17.4 Å². The summed E-state index contributed by atoms with van der Waals surface area (Å²) in [4.78, 5) is 17.5. The molecule has 0 aliphatic rings. The number of carbonyl (C=O) groups excluding carboxylic acids is 1. The molecular weight excluding hydrogens is 496 g/mol. The summed E-state index contributed by atoms with van der Waals surface area (Å²) in [7, 11) is 0. The number of hydrogen-bond acceptors (Lipinski definition) is 4. The molecule has 0 unspecified atom stereocenters. The summed E-state index contributed by atoms with van der Waals surface area (Å²) in [5, 5.41) is 2.81. The number of aromatic nitrogens is 2. The molecule has 0 aliphatic heterocycles. The molecule has 5 aromatic rings. The van der Waals surface area contributed by atoms with Crippen molar-refractivity contribution >= 4 is 44.4 Å². The molecule has 1 aromatic heterocycles. The van der Waals surface area contributed by atoms with Gasteiger partial charge in [-0.15, -0.1) is 0 Å². The largest absolute Gasteiger partial charge is 0.425 e. The fraction of sp³-hybridized carbons (Fsp3) is 0.0370. The Balaban J connectivity index is 1.37. The molecule has 33 heavy (non-hydrogen) atoms. The number of rotatable bonds is 6. The van der Waals surface area contributed by atoms with Crippen LogP contribution >= 0.6 is 27.7 Å². The Morgan fingerprint density at radius 3 is 2.36 bits per heavy atom. The minimum absolute atomic E-state index is 0.136. The number of halogens is 1. The van der Waals surface area contributed by atoms with Crippen LogP contribution in [0.4, 0.5) is 0 Å². The lowest BCUT2D eigenvalue weighted by molar-refractivity contribution is -0.131. The molecule has 5 rings (SSSR count). The van der Waals surface area contributed by atoms with Crippen molar-refractivity contribution in [2.75, 3.05) is 5.75 Å². The van der Waals surface area contributed by atoms with Crippen LogP contribution in [0.25, 0.3) is 27.7 Å². The molecule has 6 heteroatoms. The van der Waals surface area contributed by atoms with E-state index in [1.165, 1.54) is 11.8 Å². The van der Waals surface area contributed by atoms with Crippen molar-refractivity contribution in [3.63, 3.8) is 0 Å². The molecule has 0 fully saturated rings. The van der Waals surface area contributed by atoms with Gasteiger partial charge in [-0.05, 0) is 44.9 Å². The summed E-state index contributed by atoms with van der Waals surface area (Å²) < 4.78 is 8.45. The van der Waals surface area contributed by atoms with E-state index in [9.17, 15) is 4.79 Å². The summed E-state index contributed by atoms with van der Waals surface area (Å²) >= 11 is 4.93. The van der Waals surface area contributed by atoms with Crippen LogP contribution < -0.4 is 4.74 Å². The van der Waals surface area contributed by atoms with E-state index in [4.69, 9.17) is 9.72 Å². The van der Waals surface area contributed by atoms with Crippen molar-refractivity contribution < 1.29 is 9.53 Å². The van der Waals surface area contributed by atoms with E-state index >= 15 is 0 Å². The number of para-hydroxylation sites is 1. The molecule has 0 atom stereocenters. The Bertz CT molecular complexity index is 1420. The van der Waals surface area contributed by atoms with Crippen LogP contribution in [0.2, 0.25) is 0 Å². The van der Waals surface area contributed by atoms with E-state index < -0.39 is 0 Å². The molecule has 0 aliphatic carbocycles. The lowest BCUT2D eigenvalue weighted by atomic mass is 10.1. The Hall–Kier alpha value is -3.35. The molecule has 0 radical (unpaired) electrons. The standard InChI is InChI=1S/C27H19BrN2O2S/c28-26-22-14-8-7-9-19(22)15-16-24(26)32-25(31)18-33-27-29-23(20-10-3-1-4-11-20)17-30(27)21-12-5-2-6-13-21/h1-17H,18H2. The molecular formula is C27H19BrN2O2S. The van der Waals surface area contributed by atoms with Crippen LogP contribution in [0.15, 0.2) is 113 Å². The van der Waals surface area contributed by atoms with Gasteiger partial charge < -0.3 is 4.74 Å². The highest BCUT2D eigenvalue weighted by atomic mass is 79.9. The molecule has 1 heterocycles. The third kappa shape index (κ3) is 4.72. The first-order valence-corrected chi connectivity index (χ1v) is 12.2. The first-order valence-electron chi connectivity index (χ1n) is 10.4. The van der Waals surface area contributed by atoms with E-state index in [2.05, 4.69) is 15.9 Å². The Labute approximate surface area is 204 Å². The number of thioether (sulfide) groups is 1. The number of nitrogens with zero attached hydrogens (tertiary/aromatic N) is 2. The molecule has 4 aromatic carbocycles. The normalized spacial score (nSPS) is 10.9. The Morgan fingerprint density at radius 2 is 1.58 bits per heavy atom. The van der Waals surface area contributed by atoms with Gasteiger partial charge in [-0.3, -0.25) is 9.36 Å². The molecule has 4 nitrogen and oxygen atoms in total. The van der Waals surface area contributed by atoms with Gasteiger partial charge in [-0.1, -0.05) is 90.6 Å². The molecule has 0 N–H and O–H groups in total. The fourth-order valence-corrected chi connectivity index (χ4v) is 4.89. The highest BCUT2D eigenvalue weighted by molar-refractivity contribution is 9.10. The van der Waals surface area contributed by atoms with E-state index in [0.717, 1.165) is 37.3 Å². The average Bonchev–Trinajstić information content (AvgIpc) is 3.30. The zero-order valence-corrected chi connectivity index (χ0v) is 19.9. The van der Waals surface area contributed by atoms with Crippen LogP contribution in [-0.2, 0) is 4.79 Å². The van der Waals surface area contributed by atoms with Gasteiger partial charge >= 0.3 is 5.97 Å². The van der Waals surface area contributed by atoms with Crippen LogP contribution in [0, 0.1) is 0 Å². The van der Waals surface area contributed by atoms with Crippen LogP contribution in [0.3, 0.4) is 0 Å². The third-order valence-corrected chi connectivity index (χ3v) is 6.89. The molecule has 0 saturated carbocycles. The van der Waals surface area contributed by atoms with Gasteiger partial charge in [0.2, 0.25) is 0 Å². The molecule has 0 spiro atoms. The number of esters is 1. The first kappa shape index (κ1) is 21.5. The summed E-state index contributed by atoms with van der Waals surface area (Å²) in [5.74, 6) is 0.313. The van der Waals surface area contributed by atoms with Crippen LogP contribution in [-0.4, -0.2) is 21.3 Å². The smallest absolute Gasteiger partial charge is 0.321 e. The second-order valence-corrected chi connectivity index (χ2v) is 9.08. The predicted molar refractivity (Wildman–Crippen MR) is 137 cm³/mol. The van der Waals surface area contributed by atoms with Gasteiger partial charge in [0.1, 0.15) is 5.75 Å².